The molecule has 2 aromatic rings. The van der Waals surface area contributed by atoms with Crippen molar-refractivity contribution in [2.45, 2.75) is 20.3 Å². The van der Waals surface area contributed by atoms with E-state index in [4.69, 9.17) is 4.74 Å². The van der Waals surface area contributed by atoms with Gasteiger partial charge in [-0.2, -0.15) is 0 Å². The monoisotopic (exact) mass is 259 g/mol. The van der Waals surface area contributed by atoms with Crippen LogP contribution in [0.15, 0.2) is 29.1 Å². The molecular weight excluding hydrogens is 242 g/mol. The van der Waals surface area contributed by atoms with Crippen LogP contribution in [0, 0.1) is 6.92 Å². The normalized spacial score (nSPS) is 10.5. The molecule has 0 saturated carbocycles. The molecule has 0 radical (unpaired) electrons. The van der Waals surface area contributed by atoms with E-state index in [1.165, 1.54) is 0 Å². The third kappa shape index (κ3) is 2.34. The van der Waals surface area contributed by atoms with Crippen molar-refractivity contribution in [1.82, 2.24) is 4.98 Å². The number of ether oxygens (including phenoxy) is 1. The third-order valence-corrected chi connectivity index (χ3v) is 3.25. The number of pyridine rings is 1. The highest BCUT2D eigenvalue weighted by Crippen LogP contribution is 2.30. The van der Waals surface area contributed by atoms with Crippen LogP contribution in [0.3, 0.4) is 0 Å². The van der Waals surface area contributed by atoms with Crippen molar-refractivity contribution in [3.63, 3.8) is 0 Å². The predicted molar refractivity (Wildman–Crippen MR) is 74.8 cm³/mol. The molecule has 100 valence electrons. The second-order valence-corrected chi connectivity index (χ2v) is 4.36. The Morgan fingerprint density at radius 1 is 1.26 bits per heavy atom. The van der Waals surface area contributed by atoms with Gasteiger partial charge in [0.2, 0.25) is 0 Å². The van der Waals surface area contributed by atoms with Gasteiger partial charge in [-0.05, 0) is 43.2 Å². The molecule has 2 N–H and O–H groups in total. The van der Waals surface area contributed by atoms with Crippen molar-refractivity contribution >= 4 is 0 Å². The van der Waals surface area contributed by atoms with Gasteiger partial charge in [0.05, 0.1) is 18.4 Å². The molecule has 4 heteroatoms. The van der Waals surface area contributed by atoms with Crippen LogP contribution in [0.25, 0.3) is 11.3 Å². The van der Waals surface area contributed by atoms with Gasteiger partial charge in [-0.3, -0.25) is 4.79 Å². The number of aromatic hydroxyl groups is 1. The lowest BCUT2D eigenvalue weighted by atomic mass is 10.0. The minimum atomic E-state index is -0.263. The molecule has 0 fully saturated rings. The Bertz CT molecular complexity index is 642. The van der Waals surface area contributed by atoms with Crippen LogP contribution in [0.1, 0.15) is 18.1 Å². The van der Waals surface area contributed by atoms with Crippen molar-refractivity contribution in [3.05, 3.63) is 45.7 Å². The summed E-state index contributed by atoms with van der Waals surface area (Å²) in [4.78, 5) is 14.6. The number of hydrogen-bond donors (Lipinski definition) is 2. The highest BCUT2D eigenvalue weighted by Gasteiger charge is 2.14. The van der Waals surface area contributed by atoms with Crippen molar-refractivity contribution in [2.75, 3.05) is 7.11 Å². The standard InChI is InChI=1S/C15H17NO3/c1-4-12-13(16-15(18)9(2)14(12)17)10-5-7-11(19-3)8-6-10/h5-8H,4H2,1-3H3,(H2,16,17,18). The highest BCUT2D eigenvalue weighted by molar-refractivity contribution is 5.67. The van der Waals surface area contributed by atoms with E-state index in [9.17, 15) is 9.90 Å². The smallest absolute Gasteiger partial charge is 0.255 e. The van der Waals surface area contributed by atoms with Crippen LogP contribution < -0.4 is 10.3 Å². The van der Waals surface area contributed by atoms with Gasteiger partial charge in [0.15, 0.2) is 0 Å². The summed E-state index contributed by atoms with van der Waals surface area (Å²) in [5.74, 6) is 0.831. The van der Waals surface area contributed by atoms with E-state index in [1.807, 2.05) is 31.2 Å². The summed E-state index contributed by atoms with van der Waals surface area (Å²) in [6, 6.07) is 7.37. The van der Waals surface area contributed by atoms with E-state index in [-0.39, 0.29) is 11.3 Å². The first kappa shape index (κ1) is 13.2. The van der Waals surface area contributed by atoms with Gasteiger partial charge in [0, 0.05) is 5.56 Å². The minimum Gasteiger partial charge on any atom is -0.507 e. The van der Waals surface area contributed by atoms with Crippen LogP contribution in [0.5, 0.6) is 11.5 Å². The zero-order valence-electron chi connectivity index (χ0n) is 11.3. The Morgan fingerprint density at radius 2 is 1.89 bits per heavy atom. The Kier molecular flexibility index (Phi) is 3.60. The fourth-order valence-corrected chi connectivity index (χ4v) is 2.08. The molecular formula is C15H17NO3. The summed E-state index contributed by atoms with van der Waals surface area (Å²) in [5, 5.41) is 10.1. The lowest BCUT2D eigenvalue weighted by Crippen LogP contribution is -2.13. The van der Waals surface area contributed by atoms with Gasteiger partial charge in [-0.1, -0.05) is 6.92 Å². The van der Waals surface area contributed by atoms with Crippen molar-refractivity contribution < 1.29 is 9.84 Å². The second kappa shape index (κ2) is 5.18. The fourth-order valence-electron chi connectivity index (χ4n) is 2.08. The van der Waals surface area contributed by atoms with E-state index in [1.54, 1.807) is 14.0 Å². The quantitative estimate of drug-likeness (QED) is 0.890. The van der Waals surface area contributed by atoms with Gasteiger partial charge >= 0.3 is 0 Å². The van der Waals surface area contributed by atoms with Gasteiger partial charge in [-0.15, -0.1) is 0 Å². The Labute approximate surface area is 111 Å². The van der Waals surface area contributed by atoms with Crippen LogP contribution in [0.4, 0.5) is 0 Å². The Morgan fingerprint density at radius 3 is 2.42 bits per heavy atom. The van der Waals surface area contributed by atoms with Crippen molar-refractivity contribution in [3.8, 4) is 22.8 Å². The summed E-state index contributed by atoms with van der Waals surface area (Å²) in [7, 11) is 1.60. The SMILES string of the molecule is CCc1c(-c2ccc(OC)cc2)[nH]c(=O)c(C)c1O. The average Bonchev–Trinajstić information content (AvgIpc) is 2.44. The molecule has 1 heterocycles. The lowest BCUT2D eigenvalue weighted by molar-refractivity contribution is 0.415. The number of nitrogens with one attached hydrogen (secondary N) is 1. The maximum Gasteiger partial charge on any atom is 0.255 e. The number of rotatable bonds is 3. The number of benzene rings is 1. The van der Waals surface area contributed by atoms with Crippen LogP contribution in [0.2, 0.25) is 0 Å². The number of aromatic nitrogens is 1. The molecule has 1 aromatic heterocycles. The van der Waals surface area contributed by atoms with Gasteiger partial charge in [0.1, 0.15) is 11.5 Å². The van der Waals surface area contributed by atoms with E-state index in [0.717, 1.165) is 16.9 Å². The van der Waals surface area contributed by atoms with E-state index in [2.05, 4.69) is 4.98 Å². The summed E-state index contributed by atoms with van der Waals surface area (Å²) in [6.45, 7) is 3.56. The number of H-pyrrole nitrogens is 1. The summed E-state index contributed by atoms with van der Waals surface area (Å²) in [5.41, 5.74) is 2.36. The molecule has 2 rings (SSSR count). The molecule has 0 aliphatic carbocycles. The molecule has 0 unspecified atom stereocenters. The number of methoxy groups -OCH3 is 1. The fraction of sp³-hybridized carbons (Fsp3) is 0.267. The van der Waals surface area contributed by atoms with Gasteiger partial charge in [-0.25, -0.2) is 0 Å². The molecule has 0 aliphatic heterocycles. The van der Waals surface area contributed by atoms with Gasteiger partial charge in [0.25, 0.3) is 5.56 Å². The first-order valence-corrected chi connectivity index (χ1v) is 6.17. The summed E-state index contributed by atoms with van der Waals surface area (Å²) in [6.07, 6.45) is 0.644. The maximum absolute atomic E-state index is 11.8. The van der Waals surface area contributed by atoms with Crippen molar-refractivity contribution in [1.29, 1.82) is 0 Å². The first-order valence-electron chi connectivity index (χ1n) is 6.17. The molecule has 0 amide bonds. The lowest BCUT2D eigenvalue weighted by Gasteiger charge is -2.12. The molecule has 1 aromatic carbocycles. The summed E-state index contributed by atoms with van der Waals surface area (Å²) >= 11 is 0. The minimum absolute atomic E-state index is 0.0806. The third-order valence-electron chi connectivity index (χ3n) is 3.25. The summed E-state index contributed by atoms with van der Waals surface area (Å²) < 4.78 is 5.11. The zero-order valence-corrected chi connectivity index (χ0v) is 11.3. The Balaban J connectivity index is 2.63. The Hall–Kier alpha value is -2.23. The molecule has 0 atom stereocenters. The van der Waals surface area contributed by atoms with E-state index >= 15 is 0 Å². The topological polar surface area (TPSA) is 62.3 Å². The van der Waals surface area contributed by atoms with E-state index < -0.39 is 0 Å². The van der Waals surface area contributed by atoms with Crippen molar-refractivity contribution in [2.24, 2.45) is 0 Å². The van der Waals surface area contributed by atoms with Crippen LogP contribution in [-0.4, -0.2) is 17.2 Å². The molecule has 4 nitrogen and oxygen atoms in total. The number of hydrogen-bond acceptors (Lipinski definition) is 3. The molecule has 0 saturated heterocycles. The maximum atomic E-state index is 11.8. The molecule has 0 aliphatic rings. The van der Waals surface area contributed by atoms with Crippen LogP contribution >= 0.6 is 0 Å². The number of aromatic amines is 1. The second-order valence-electron chi connectivity index (χ2n) is 4.36. The van der Waals surface area contributed by atoms with E-state index in [0.29, 0.717) is 17.7 Å². The zero-order chi connectivity index (χ0) is 14.0. The first-order chi connectivity index (χ1) is 9.08. The molecule has 19 heavy (non-hydrogen) atoms. The molecule has 0 bridgehead atoms. The predicted octanol–water partition coefficient (Wildman–Crippen LogP) is 2.63. The molecule has 0 spiro atoms. The van der Waals surface area contributed by atoms with Gasteiger partial charge < -0.3 is 14.8 Å². The largest absolute Gasteiger partial charge is 0.507 e. The average molecular weight is 259 g/mol. The highest BCUT2D eigenvalue weighted by atomic mass is 16.5. The van der Waals surface area contributed by atoms with Crippen LogP contribution in [-0.2, 0) is 6.42 Å².